The number of ether oxygens (including phenoxy) is 1. The van der Waals surface area contributed by atoms with E-state index >= 15 is 0 Å². The van der Waals surface area contributed by atoms with Crippen molar-refractivity contribution in [3.05, 3.63) is 101 Å². The molecule has 6 aromatic rings. The van der Waals surface area contributed by atoms with E-state index in [4.69, 9.17) is 9.84 Å². The van der Waals surface area contributed by atoms with Gasteiger partial charge in [-0.25, -0.2) is 19.4 Å². The molecule has 0 saturated carbocycles. The first-order chi connectivity index (χ1) is 20.2. The van der Waals surface area contributed by atoms with Gasteiger partial charge in [0.05, 0.1) is 28.8 Å². The molecular weight excluding hydrogens is 532 g/mol. The van der Waals surface area contributed by atoms with Crippen molar-refractivity contribution < 1.29 is 9.53 Å². The summed E-state index contributed by atoms with van der Waals surface area (Å²) in [5.41, 5.74) is 3.99. The van der Waals surface area contributed by atoms with Crippen LogP contribution in [0, 0.1) is 6.92 Å². The number of carbonyl (C=O) groups excluding carboxylic acids is 1. The van der Waals surface area contributed by atoms with Crippen molar-refractivity contribution in [1.29, 1.82) is 0 Å². The fourth-order valence-corrected chi connectivity index (χ4v) is 4.45. The van der Waals surface area contributed by atoms with E-state index in [0.717, 1.165) is 16.9 Å². The molecule has 6 rings (SSSR count). The molecule has 0 aliphatic heterocycles. The van der Waals surface area contributed by atoms with Gasteiger partial charge >= 0.3 is 6.03 Å². The topological polar surface area (TPSA) is 140 Å². The Morgan fingerprint density at radius 2 is 1.71 bits per heavy atom. The number of fused-ring (bicyclic) bond motifs is 2. The fourth-order valence-electron chi connectivity index (χ4n) is 4.45. The first-order valence-corrected chi connectivity index (χ1v) is 13.3. The highest BCUT2D eigenvalue weighted by Gasteiger charge is 2.22. The summed E-state index contributed by atoms with van der Waals surface area (Å²) in [6.45, 7) is 8.24. The van der Waals surface area contributed by atoms with Crippen molar-refractivity contribution in [3.63, 3.8) is 0 Å². The molecule has 11 heteroatoms. The van der Waals surface area contributed by atoms with Crippen LogP contribution in [-0.4, -0.2) is 35.7 Å². The van der Waals surface area contributed by atoms with Gasteiger partial charge < -0.3 is 15.0 Å². The minimum atomic E-state index is -0.447. The zero-order valence-corrected chi connectivity index (χ0v) is 23.5. The number of aryl methyl sites for hydroxylation is 1. The monoisotopic (exact) mass is 560 g/mol. The normalized spacial score (nSPS) is 11.5. The van der Waals surface area contributed by atoms with Gasteiger partial charge in [-0.3, -0.25) is 15.1 Å². The predicted octanol–water partition coefficient (Wildman–Crippen LogP) is 6.09. The number of hydrogen-bond donors (Lipinski definition) is 3. The minimum absolute atomic E-state index is 0.218. The van der Waals surface area contributed by atoms with Crippen molar-refractivity contribution in [2.45, 2.75) is 33.1 Å². The average Bonchev–Trinajstić information content (AvgIpc) is 3.39. The van der Waals surface area contributed by atoms with Gasteiger partial charge in [0.15, 0.2) is 11.4 Å². The van der Waals surface area contributed by atoms with Crippen LogP contribution in [0.4, 0.5) is 16.3 Å². The third-order valence-electron chi connectivity index (χ3n) is 6.64. The average molecular weight is 561 g/mol. The number of nitrogens with one attached hydrogen (secondary N) is 3. The van der Waals surface area contributed by atoms with Gasteiger partial charge in [0, 0.05) is 35.3 Å². The van der Waals surface area contributed by atoms with E-state index in [2.05, 4.69) is 51.3 Å². The SMILES string of the molecule is Cc1ccc(-n2nc(C(C)(C)C)cc2NC(=O)Nc2ccc(Oc3ccnc4[nH]c(=O)cnc34)c3cccnc23)cc1. The third kappa shape index (κ3) is 5.27. The molecule has 0 spiro atoms. The lowest BCUT2D eigenvalue weighted by atomic mass is 9.92. The lowest BCUT2D eigenvalue weighted by Crippen LogP contribution is -2.21. The van der Waals surface area contributed by atoms with E-state index in [9.17, 15) is 9.59 Å². The summed E-state index contributed by atoms with van der Waals surface area (Å²) in [5.74, 6) is 1.45. The Balaban J connectivity index is 1.30. The smallest absolute Gasteiger partial charge is 0.324 e. The molecule has 4 heterocycles. The van der Waals surface area contributed by atoms with E-state index in [1.165, 1.54) is 12.4 Å². The number of hydrogen-bond acceptors (Lipinski definition) is 7. The highest BCUT2D eigenvalue weighted by atomic mass is 16.5. The van der Waals surface area contributed by atoms with Crippen molar-refractivity contribution >= 4 is 39.6 Å². The van der Waals surface area contributed by atoms with E-state index in [0.29, 0.717) is 45.1 Å². The largest absolute Gasteiger partial charge is 0.454 e. The lowest BCUT2D eigenvalue weighted by molar-refractivity contribution is 0.262. The molecule has 11 nitrogen and oxygen atoms in total. The Morgan fingerprint density at radius 3 is 2.50 bits per heavy atom. The van der Waals surface area contributed by atoms with E-state index < -0.39 is 6.03 Å². The summed E-state index contributed by atoms with van der Waals surface area (Å²) in [5, 5.41) is 11.3. The molecule has 210 valence electrons. The van der Waals surface area contributed by atoms with Gasteiger partial charge in [0.25, 0.3) is 5.56 Å². The summed E-state index contributed by atoms with van der Waals surface area (Å²) in [4.78, 5) is 40.5. The fraction of sp³-hybridized carbons (Fsp3) is 0.161. The summed E-state index contributed by atoms with van der Waals surface area (Å²) < 4.78 is 7.93. The van der Waals surface area contributed by atoms with Crippen molar-refractivity contribution in [2.75, 3.05) is 10.6 Å². The van der Waals surface area contributed by atoms with Crippen LogP contribution < -0.4 is 20.9 Å². The maximum Gasteiger partial charge on any atom is 0.324 e. The van der Waals surface area contributed by atoms with Crippen molar-refractivity contribution in [1.82, 2.24) is 29.7 Å². The van der Waals surface area contributed by atoms with Gasteiger partial charge in [0.2, 0.25) is 0 Å². The number of rotatable bonds is 5. The van der Waals surface area contributed by atoms with Gasteiger partial charge in [-0.05, 0) is 43.3 Å². The number of carbonyl (C=O) groups is 1. The molecule has 0 bridgehead atoms. The summed E-state index contributed by atoms with van der Waals surface area (Å²) in [6.07, 6.45) is 4.35. The number of H-pyrrole nitrogens is 1. The summed E-state index contributed by atoms with van der Waals surface area (Å²) >= 11 is 0. The molecule has 42 heavy (non-hydrogen) atoms. The van der Waals surface area contributed by atoms with Crippen LogP contribution in [0.1, 0.15) is 32.0 Å². The zero-order chi connectivity index (χ0) is 29.4. The Kier molecular flexibility index (Phi) is 6.62. The van der Waals surface area contributed by atoms with E-state index in [1.807, 2.05) is 43.3 Å². The van der Waals surface area contributed by atoms with Gasteiger partial charge in [-0.15, -0.1) is 0 Å². The molecule has 2 amide bonds. The van der Waals surface area contributed by atoms with E-state index in [-0.39, 0.29) is 11.0 Å². The highest BCUT2D eigenvalue weighted by Crippen LogP contribution is 2.35. The Labute approximate surface area is 240 Å². The molecule has 0 fully saturated rings. The zero-order valence-electron chi connectivity index (χ0n) is 23.5. The number of urea groups is 1. The van der Waals surface area contributed by atoms with Crippen LogP contribution >= 0.6 is 0 Å². The van der Waals surface area contributed by atoms with Crippen LogP contribution in [0.25, 0.3) is 27.8 Å². The highest BCUT2D eigenvalue weighted by molar-refractivity contribution is 6.06. The first kappa shape index (κ1) is 26.6. The Morgan fingerprint density at radius 1 is 0.905 bits per heavy atom. The number of benzene rings is 2. The van der Waals surface area contributed by atoms with E-state index in [1.54, 1.807) is 35.1 Å². The van der Waals surface area contributed by atoms with Crippen LogP contribution in [0.15, 0.2) is 84.0 Å². The minimum Gasteiger partial charge on any atom is -0.454 e. The second-order valence-corrected chi connectivity index (χ2v) is 10.9. The van der Waals surface area contributed by atoms with Gasteiger partial charge in [-0.2, -0.15) is 5.10 Å². The molecule has 4 aromatic heterocycles. The first-order valence-electron chi connectivity index (χ1n) is 13.3. The van der Waals surface area contributed by atoms with Crippen LogP contribution in [0.3, 0.4) is 0 Å². The number of aromatic amines is 1. The second kappa shape index (κ2) is 10.4. The van der Waals surface area contributed by atoms with Crippen LogP contribution in [-0.2, 0) is 5.41 Å². The summed E-state index contributed by atoms with van der Waals surface area (Å²) in [7, 11) is 0. The Bertz CT molecular complexity index is 2010. The molecule has 2 aromatic carbocycles. The number of anilines is 2. The van der Waals surface area contributed by atoms with Gasteiger partial charge in [-0.1, -0.05) is 38.5 Å². The number of nitrogens with zero attached hydrogens (tertiary/aromatic N) is 5. The van der Waals surface area contributed by atoms with Crippen molar-refractivity contribution in [2.24, 2.45) is 0 Å². The molecule has 0 radical (unpaired) electrons. The van der Waals surface area contributed by atoms with Gasteiger partial charge in [0.1, 0.15) is 17.1 Å². The quantitative estimate of drug-likeness (QED) is 0.232. The molecule has 0 unspecified atom stereocenters. The molecule has 0 saturated heterocycles. The molecular formula is C31H28N8O3. The molecule has 0 aliphatic carbocycles. The number of aromatic nitrogens is 6. The third-order valence-corrected chi connectivity index (χ3v) is 6.64. The standard InChI is InChI=1S/C31H28N8O3/c1-18-7-9-19(10-8-18)39-25(16-24(38-39)31(2,3)4)36-30(41)35-21-11-12-22(20-6-5-14-32-27(20)21)42-23-13-15-33-29-28(23)34-17-26(40)37-29/h5-17H,1-4H3,(H,33,37,40)(H2,35,36,41). The maximum absolute atomic E-state index is 13.3. The second-order valence-electron chi connectivity index (χ2n) is 10.9. The predicted molar refractivity (Wildman–Crippen MR) is 162 cm³/mol. The number of pyridine rings is 2. The molecule has 0 aliphatic rings. The number of amides is 2. The summed E-state index contributed by atoms with van der Waals surface area (Å²) in [6, 6.07) is 18.1. The maximum atomic E-state index is 13.3. The Hall–Kier alpha value is -5.58. The van der Waals surface area contributed by atoms with Crippen LogP contribution in [0.2, 0.25) is 0 Å². The molecule has 0 atom stereocenters. The van der Waals surface area contributed by atoms with Crippen molar-refractivity contribution in [3.8, 4) is 17.2 Å². The molecule has 3 N–H and O–H groups in total. The lowest BCUT2D eigenvalue weighted by Gasteiger charge is -2.14. The van der Waals surface area contributed by atoms with Crippen LogP contribution in [0.5, 0.6) is 11.5 Å².